The highest BCUT2D eigenvalue weighted by atomic mass is 35.5. The fourth-order valence-corrected chi connectivity index (χ4v) is 5.47. The Morgan fingerprint density at radius 1 is 1.16 bits per heavy atom. The number of nitriles is 1. The van der Waals surface area contributed by atoms with Crippen LogP contribution in [0.25, 0.3) is 0 Å². The summed E-state index contributed by atoms with van der Waals surface area (Å²) in [6.07, 6.45) is 0. The van der Waals surface area contributed by atoms with E-state index in [0.29, 0.717) is 5.02 Å². The first-order valence-corrected chi connectivity index (χ1v) is 9.07. The van der Waals surface area contributed by atoms with E-state index in [-0.39, 0.29) is 10.5 Å². The van der Waals surface area contributed by atoms with Gasteiger partial charge >= 0.3 is 5.97 Å². The third-order valence-electron chi connectivity index (χ3n) is 4.38. The van der Waals surface area contributed by atoms with Crippen molar-refractivity contribution in [2.45, 2.75) is 16.1 Å². The average molecular weight is 380 g/mol. The van der Waals surface area contributed by atoms with Gasteiger partial charge in [0.2, 0.25) is 0 Å². The molecule has 3 rings (SSSR count). The molecule has 1 aliphatic rings. The second kappa shape index (κ2) is 5.83. The lowest BCUT2D eigenvalue weighted by Crippen LogP contribution is -2.22. The maximum absolute atomic E-state index is 13.1. The number of hydrogen-bond acceptors (Lipinski definition) is 4. The van der Waals surface area contributed by atoms with Gasteiger partial charge in [0.25, 0.3) is 0 Å². The van der Waals surface area contributed by atoms with Gasteiger partial charge in [0, 0.05) is 10.9 Å². The summed E-state index contributed by atoms with van der Waals surface area (Å²) < 4.78 is 38.9. The highest BCUT2D eigenvalue weighted by Crippen LogP contribution is 2.64. The van der Waals surface area contributed by atoms with Crippen LogP contribution in [0.4, 0.5) is 4.39 Å². The Morgan fingerprint density at radius 2 is 1.72 bits per heavy atom. The third kappa shape index (κ3) is 2.58. The molecule has 5 nitrogen and oxygen atoms in total. The minimum Gasteiger partial charge on any atom is -0.480 e. The maximum atomic E-state index is 13.1. The number of rotatable bonds is 4. The molecule has 1 saturated carbocycles. The van der Waals surface area contributed by atoms with Gasteiger partial charge in [0.1, 0.15) is 11.1 Å². The summed E-state index contributed by atoms with van der Waals surface area (Å²) in [5, 5.41) is 17.8. The molecule has 0 bridgehead atoms. The lowest BCUT2D eigenvalue weighted by molar-refractivity contribution is -0.141. The van der Waals surface area contributed by atoms with E-state index < -0.39 is 38.2 Å². The molecule has 0 saturated heterocycles. The van der Waals surface area contributed by atoms with Crippen molar-refractivity contribution in [3.63, 3.8) is 0 Å². The van der Waals surface area contributed by atoms with Crippen molar-refractivity contribution in [2.75, 3.05) is 0 Å². The van der Waals surface area contributed by atoms with Gasteiger partial charge in [-0.1, -0.05) is 23.7 Å². The number of hydrogen-bond donors (Lipinski definition) is 1. The normalized spacial score (nSPS) is 25.2. The third-order valence-corrected chi connectivity index (χ3v) is 6.87. The Morgan fingerprint density at radius 3 is 2.20 bits per heavy atom. The molecule has 0 aromatic heterocycles. The predicted molar refractivity (Wildman–Crippen MR) is 87.2 cm³/mol. The summed E-state index contributed by atoms with van der Waals surface area (Å²) in [5.41, 5.74) is -1.83. The predicted octanol–water partition coefficient (Wildman–Crippen LogP) is 3.01. The zero-order chi connectivity index (χ0) is 18.4. The molecule has 1 aliphatic carbocycles. The first-order valence-electron chi connectivity index (χ1n) is 7.14. The number of carboxylic acid groups (broad SMARTS) is 1. The van der Waals surface area contributed by atoms with Crippen molar-refractivity contribution < 1.29 is 22.7 Å². The zero-order valence-electron chi connectivity index (χ0n) is 12.6. The quantitative estimate of drug-likeness (QED) is 0.880. The fourth-order valence-electron chi connectivity index (χ4n) is 3.09. The van der Waals surface area contributed by atoms with Crippen molar-refractivity contribution in [1.29, 1.82) is 5.26 Å². The summed E-state index contributed by atoms with van der Waals surface area (Å²) in [5.74, 6) is -3.15. The molecular weight excluding hydrogens is 369 g/mol. The molecule has 0 aliphatic heterocycles. The van der Waals surface area contributed by atoms with Gasteiger partial charge in [-0.2, -0.15) is 5.26 Å². The molecule has 0 heterocycles. The molecule has 8 heteroatoms. The first-order chi connectivity index (χ1) is 11.7. The van der Waals surface area contributed by atoms with Gasteiger partial charge < -0.3 is 5.11 Å². The van der Waals surface area contributed by atoms with Crippen LogP contribution in [0.3, 0.4) is 0 Å². The highest BCUT2D eigenvalue weighted by Gasteiger charge is 2.77. The molecule has 3 atom stereocenters. The molecule has 2 aromatic carbocycles. The van der Waals surface area contributed by atoms with E-state index in [4.69, 9.17) is 11.6 Å². The summed E-state index contributed by atoms with van der Waals surface area (Å²) >= 11 is 5.75. The van der Waals surface area contributed by atoms with Gasteiger partial charge in [0.05, 0.1) is 11.0 Å². The summed E-state index contributed by atoms with van der Waals surface area (Å²) in [7, 11) is -4.11. The SMILES string of the molecule is N#C[C@@]1(C(=O)O)[C@H](S(=O)(=O)c2ccc(Cl)cc2)[C@@H]1c1ccc(F)cc1. The van der Waals surface area contributed by atoms with Crippen molar-refractivity contribution >= 4 is 27.4 Å². The van der Waals surface area contributed by atoms with Crippen molar-refractivity contribution in [3.8, 4) is 6.07 Å². The Labute approximate surface area is 148 Å². The topological polar surface area (TPSA) is 95.2 Å². The molecule has 0 unspecified atom stereocenters. The Balaban J connectivity index is 2.12. The van der Waals surface area contributed by atoms with Crippen molar-refractivity contribution in [2.24, 2.45) is 5.41 Å². The lowest BCUT2D eigenvalue weighted by Gasteiger charge is -2.05. The van der Waals surface area contributed by atoms with Gasteiger partial charge in [-0.15, -0.1) is 0 Å². The number of halogens is 2. The maximum Gasteiger partial charge on any atom is 0.326 e. The average Bonchev–Trinajstić information content (AvgIpc) is 3.27. The first kappa shape index (κ1) is 17.4. The fraction of sp³-hybridized carbons (Fsp3) is 0.176. The van der Waals surface area contributed by atoms with E-state index in [0.717, 1.165) is 12.1 Å². The van der Waals surface area contributed by atoms with Crippen LogP contribution in [0, 0.1) is 22.6 Å². The molecule has 25 heavy (non-hydrogen) atoms. The van der Waals surface area contributed by atoms with Crippen LogP contribution in [0.15, 0.2) is 53.4 Å². The van der Waals surface area contributed by atoms with Gasteiger partial charge in [0.15, 0.2) is 15.3 Å². The zero-order valence-corrected chi connectivity index (χ0v) is 14.1. The molecular formula is C17H11ClFNO4S. The van der Waals surface area contributed by atoms with Crippen LogP contribution in [-0.2, 0) is 14.6 Å². The molecule has 128 valence electrons. The molecule has 0 radical (unpaired) electrons. The number of aliphatic carboxylic acids is 1. The second-order valence-electron chi connectivity index (χ2n) is 5.73. The van der Waals surface area contributed by atoms with Crippen molar-refractivity contribution in [1.82, 2.24) is 0 Å². The number of benzene rings is 2. The Hall–Kier alpha value is -2.43. The number of carboxylic acids is 1. The van der Waals surface area contributed by atoms with Crippen LogP contribution in [0.2, 0.25) is 5.02 Å². The summed E-state index contributed by atoms with van der Waals surface area (Å²) in [4.78, 5) is 11.6. The van der Waals surface area contributed by atoms with Crippen LogP contribution in [0.1, 0.15) is 11.5 Å². The molecule has 0 amide bonds. The van der Waals surface area contributed by atoms with E-state index in [9.17, 15) is 28.0 Å². The van der Waals surface area contributed by atoms with E-state index in [1.165, 1.54) is 36.4 Å². The van der Waals surface area contributed by atoms with Gasteiger partial charge in [-0.05, 0) is 42.0 Å². The van der Waals surface area contributed by atoms with Crippen LogP contribution in [-0.4, -0.2) is 24.7 Å². The Bertz CT molecular complexity index is 983. The minimum atomic E-state index is -4.11. The highest BCUT2D eigenvalue weighted by molar-refractivity contribution is 7.92. The molecule has 1 fully saturated rings. The molecule has 1 N–H and O–H groups in total. The minimum absolute atomic E-state index is 0.118. The van der Waals surface area contributed by atoms with Gasteiger partial charge in [-0.25, -0.2) is 12.8 Å². The standard InChI is InChI=1S/C17H11ClFNO4S/c18-11-3-7-13(8-4-11)25(23,24)15-14(17(15,9-20)16(21)22)10-1-5-12(19)6-2-10/h1-8,14-15H,(H,21,22)/t14-,15+,17-/m0/s1. The van der Waals surface area contributed by atoms with E-state index in [1.54, 1.807) is 6.07 Å². The Kier molecular flexibility index (Phi) is 4.06. The van der Waals surface area contributed by atoms with E-state index in [1.807, 2.05) is 0 Å². The monoisotopic (exact) mass is 379 g/mol. The second-order valence-corrected chi connectivity index (χ2v) is 8.24. The summed E-state index contributed by atoms with van der Waals surface area (Å²) in [6.45, 7) is 0. The van der Waals surface area contributed by atoms with Gasteiger partial charge in [-0.3, -0.25) is 4.79 Å². The summed E-state index contributed by atoms with van der Waals surface area (Å²) in [6, 6.07) is 11.7. The smallest absolute Gasteiger partial charge is 0.326 e. The van der Waals surface area contributed by atoms with Crippen LogP contribution in [0.5, 0.6) is 0 Å². The number of sulfone groups is 1. The van der Waals surface area contributed by atoms with Crippen LogP contribution >= 0.6 is 11.6 Å². The van der Waals surface area contributed by atoms with E-state index >= 15 is 0 Å². The molecule has 0 spiro atoms. The number of carbonyl (C=O) groups is 1. The number of nitrogens with zero attached hydrogens (tertiary/aromatic N) is 1. The largest absolute Gasteiger partial charge is 0.480 e. The lowest BCUT2D eigenvalue weighted by atomic mass is 10.0. The van der Waals surface area contributed by atoms with E-state index in [2.05, 4.69) is 0 Å². The van der Waals surface area contributed by atoms with Crippen LogP contribution < -0.4 is 0 Å². The van der Waals surface area contributed by atoms with Crippen molar-refractivity contribution in [3.05, 3.63) is 64.9 Å². The molecule has 2 aromatic rings.